The van der Waals surface area contributed by atoms with Crippen molar-refractivity contribution in [2.24, 2.45) is 0 Å². The number of hydrogen-bond acceptors (Lipinski definition) is 4. The smallest absolute Gasteiger partial charge is 0.261 e. The molecule has 0 bridgehead atoms. The highest BCUT2D eigenvalue weighted by Crippen LogP contribution is 2.38. The van der Waals surface area contributed by atoms with Gasteiger partial charge in [0.15, 0.2) is 0 Å². The van der Waals surface area contributed by atoms with Crippen molar-refractivity contribution in [1.82, 2.24) is 10.2 Å². The van der Waals surface area contributed by atoms with Crippen LogP contribution in [0.2, 0.25) is 0 Å². The third kappa shape index (κ3) is 5.27. The summed E-state index contributed by atoms with van der Waals surface area (Å²) < 4.78 is 6.47. The van der Waals surface area contributed by atoms with Gasteiger partial charge in [-0.05, 0) is 74.6 Å². The fraction of sp³-hybridized carbons (Fsp3) is 0.542. The number of thiophene rings is 1. The zero-order valence-electron chi connectivity index (χ0n) is 17.4. The number of piperidine rings is 1. The van der Waals surface area contributed by atoms with E-state index in [0.29, 0.717) is 6.54 Å². The van der Waals surface area contributed by atoms with Crippen LogP contribution in [0.25, 0.3) is 0 Å². The Morgan fingerprint density at radius 3 is 2.72 bits per heavy atom. The van der Waals surface area contributed by atoms with Gasteiger partial charge in [-0.3, -0.25) is 4.79 Å². The normalized spacial score (nSPS) is 21.5. The fourth-order valence-electron chi connectivity index (χ4n) is 4.63. The minimum absolute atomic E-state index is 0.0373. The number of amides is 1. The number of ether oxygens (including phenoxy) is 1. The Morgan fingerprint density at radius 2 is 2.00 bits per heavy atom. The molecule has 1 spiro atoms. The Kier molecular flexibility index (Phi) is 6.68. The quantitative estimate of drug-likeness (QED) is 0.731. The van der Waals surface area contributed by atoms with Gasteiger partial charge in [0.1, 0.15) is 0 Å². The van der Waals surface area contributed by atoms with E-state index in [0.717, 1.165) is 55.6 Å². The Balaban J connectivity index is 1.17. The average Bonchev–Trinajstić information content (AvgIpc) is 3.35. The lowest BCUT2D eigenvalue weighted by atomic mass is 9.88. The van der Waals surface area contributed by atoms with Crippen LogP contribution in [0.3, 0.4) is 0 Å². The lowest BCUT2D eigenvalue weighted by Gasteiger charge is -2.39. The minimum Gasteiger partial charge on any atom is -0.370 e. The number of carbonyl (C=O) groups excluding carboxylic acids is 1. The molecular formula is C24H32N2O2S. The Labute approximate surface area is 178 Å². The van der Waals surface area contributed by atoms with Gasteiger partial charge in [-0.2, -0.15) is 0 Å². The molecule has 0 unspecified atom stereocenters. The predicted octanol–water partition coefficient (Wildman–Crippen LogP) is 4.43. The molecule has 2 fully saturated rings. The molecule has 2 saturated heterocycles. The van der Waals surface area contributed by atoms with Crippen LogP contribution in [0.15, 0.2) is 41.8 Å². The molecule has 1 aromatic heterocycles. The number of rotatable bonds is 7. The number of aryl methyl sites for hydroxylation is 2. The number of benzene rings is 1. The van der Waals surface area contributed by atoms with Gasteiger partial charge in [0, 0.05) is 19.6 Å². The van der Waals surface area contributed by atoms with Crippen molar-refractivity contribution in [3.05, 3.63) is 57.8 Å². The summed E-state index contributed by atoms with van der Waals surface area (Å²) in [5.41, 5.74) is 2.53. The molecule has 1 atom stereocenters. The summed E-state index contributed by atoms with van der Waals surface area (Å²) in [6, 6.07) is 12.8. The molecule has 5 heteroatoms. The molecule has 4 nitrogen and oxygen atoms in total. The molecule has 2 aliphatic rings. The van der Waals surface area contributed by atoms with Crippen molar-refractivity contribution in [3.63, 3.8) is 0 Å². The van der Waals surface area contributed by atoms with Crippen molar-refractivity contribution in [2.75, 3.05) is 26.2 Å². The topological polar surface area (TPSA) is 41.6 Å². The lowest BCUT2D eigenvalue weighted by Crippen LogP contribution is -2.45. The number of nitrogens with zero attached hydrogens (tertiary/aromatic N) is 1. The lowest BCUT2D eigenvalue weighted by molar-refractivity contribution is -0.0754. The number of carbonyl (C=O) groups is 1. The van der Waals surface area contributed by atoms with Crippen LogP contribution in [0.1, 0.15) is 52.9 Å². The van der Waals surface area contributed by atoms with E-state index in [-0.39, 0.29) is 17.6 Å². The molecule has 0 aliphatic carbocycles. The van der Waals surface area contributed by atoms with Crippen LogP contribution in [0, 0.1) is 6.92 Å². The molecule has 2 aromatic rings. The monoisotopic (exact) mass is 412 g/mol. The van der Waals surface area contributed by atoms with Gasteiger partial charge in [0.25, 0.3) is 5.91 Å². The average molecular weight is 413 g/mol. The second kappa shape index (κ2) is 9.41. The summed E-state index contributed by atoms with van der Waals surface area (Å²) in [5.74, 6) is 0.0373. The van der Waals surface area contributed by atoms with E-state index < -0.39 is 0 Å². The van der Waals surface area contributed by atoms with Crippen LogP contribution in [0.5, 0.6) is 0 Å². The highest BCUT2D eigenvalue weighted by molar-refractivity contribution is 7.12. The molecular weight excluding hydrogens is 380 g/mol. The predicted molar refractivity (Wildman–Crippen MR) is 119 cm³/mol. The van der Waals surface area contributed by atoms with Gasteiger partial charge in [-0.15, -0.1) is 11.3 Å². The first-order valence-electron chi connectivity index (χ1n) is 10.9. The molecule has 3 heterocycles. The second-order valence-electron chi connectivity index (χ2n) is 8.54. The summed E-state index contributed by atoms with van der Waals surface area (Å²) >= 11 is 1.51. The molecule has 0 saturated carbocycles. The van der Waals surface area contributed by atoms with Crippen LogP contribution in [-0.2, 0) is 11.2 Å². The second-order valence-corrected chi connectivity index (χ2v) is 9.45. The van der Waals surface area contributed by atoms with Crippen molar-refractivity contribution < 1.29 is 9.53 Å². The summed E-state index contributed by atoms with van der Waals surface area (Å²) in [5, 5.41) is 5.05. The number of hydrogen-bond donors (Lipinski definition) is 1. The molecule has 1 amide bonds. The van der Waals surface area contributed by atoms with Gasteiger partial charge in [-0.1, -0.05) is 30.3 Å². The van der Waals surface area contributed by atoms with E-state index in [9.17, 15) is 4.79 Å². The third-order valence-corrected chi connectivity index (χ3v) is 7.46. The van der Waals surface area contributed by atoms with Crippen LogP contribution in [0.4, 0.5) is 0 Å². The fourth-order valence-corrected chi connectivity index (χ4v) is 5.48. The van der Waals surface area contributed by atoms with Crippen molar-refractivity contribution in [3.8, 4) is 0 Å². The first kappa shape index (κ1) is 20.6. The molecule has 2 aliphatic heterocycles. The molecule has 1 N–H and O–H groups in total. The minimum atomic E-state index is 0.0373. The summed E-state index contributed by atoms with van der Waals surface area (Å²) in [6.45, 7) is 6.04. The highest BCUT2D eigenvalue weighted by Gasteiger charge is 2.42. The third-order valence-electron chi connectivity index (χ3n) is 6.45. The van der Waals surface area contributed by atoms with E-state index in [2.05, 4.69) is 40.5 Å². The van der Waals surface area contributed by atoms with Gasteiger partial charge in [0.05, 0.1) is 16.6 Å². The van der Waals surface area contributed by atoms with Gasteiger partial charge < -0.3 is 15.0 Å². The Morgan fingerprint density at radius 1 is 1.21 bits per heavy atom. The van der Waals surface area contributed by atoms with Gasteiger partial charge in [-0.25, -0.2) is 0 Å². The zero-order chi connectivity index (χ0) is 20.1. The van der Waals surface area contributed by atoms with Crippen molar-refractivity contribution >= 4 is 17.2 Å². The molecule has 0 radical (unpaired) electrons. The van der Waals surface area contributed by atoms with Gasteiger partial charge >= 0.3 is 0 Å². The first-order valence-corrected chi connectivity index (χ1v) is 11.8. The molecule has 29 heavy (non-hydrogen) atoms. The van der Waals surface area contributed by atoms with E-state index in [1.54, 1.807) is 0 Å². The molecule has 4 rings (SSSR count). The SMILES string of the molecule is Cc1ccsc1C(=O)NC[C@H]1CCC2(CCN(CCCc3ccccc3)CC2)O1. The number of likely N-dealkylation sites (tertiary alicyclic amines) is 1. The standard InChI is InChI=1S/C24H32N2O2S/c1-19-10-17-29-22(19)23(27)25-18-21-9-11-24(28-21)12-15-26(16-13-24)14-5-8-20-6-3-2-4-7-20/h2-4,6-7,10,17,21H,5,8-9,11-16,18H2,1H3,(H,25,27)/t21-/m1/s1. The first-order chi connectivity index (χ1) is 14.1. The van der Waals surface area contributed by atoms with E-state index in [1.165, 1.54) is 29.9 Å². The van der Waals surface area contributed by atoms with Crippen LogP contribution in [-0.4, -0.2) is 48.7 Å². The molecule has 1 aromatic carbocycles. The zero-order valence-corrected chi connectivity index (χ0v) is 18.2. The largest absolute Gasteiger partial charge is 0.370 e. The Hall–Kier alpha value is -1.69. The number of nitrogens with one attached hydrogen (secondary N) is 1. The van der Waals surface area contributed by atoms with E-state index in [4.69, 9.17) is 4.74 Å². The summed E-state index contributed by atoms with van der Waals surface area (Å²) in [6.07, 6.45) is 6.95. The van der Waals surface area contributed by atoms with Crippen molar-refractivity contribution in [2.45, 2.75) is 57.2 Å². The van der Waals surface area contributed by atoms with Gasteiger partial charge in [0.2, 0.25) is 0 Å². The maximum Gasteiger partial charge on any atom is 0.261 e. The highest BCUT2D eigenvalue weighted by atomic mass is 32.1. The Bertz CT molecular complexity index is 796. The maximum absolute atomic E-state index is 12.3. The summed E-state index contributed by atoms with van der Waals surface area (Å²) in [7, 11) is 0. The maximum atomic E-state index is 12.3. The molecule has 156 valence electrons. The van der Waals surface area contributed by atoms with Crippen LogP contribution >= 0.6 is 11.3 Å². The summed E-state index contributed by atoms with van der Waals surface area (Å²) in [4.78, 5) is 15.7. The van der Waals surface area contributed by atoms with Crippen LogP contribution < -0.4 is 5.32 Å². The van der Waals surface area contributed by atoms with Crippen molar-refractivity contribution in [1.29, 1.82) is 0 Å². The van der Waals surface area contributed by atoms with E-state index in [1.807, 2.05) is 18.4 Å². The van der Waals surface area contributed by atoms with E-state index >= 15 is 0 Å².